The monoisotopic (exact) mass is 336 g/mol. The fraction of sp³-hybridized carbons (Fsp3) is 0.214. The number of carboxylic acids is 1. The van der Waals surface area contributed by atoms with Crippen molar-refractivity contribution >= 4 is 21.9 Å². The molecule has 0 aliphatic rings. The summed E-state index contributed by atoms with van der Waals surface area (Å²) in [6.45, 7) is 1.72. The second kappa shape index (κ2) is 6.00. The smallest absolute Gasteiger partial charge is 0.303 e. The maximum atomic E-state index is 12.1. The van der Waals surface area contributed by atoms with Crippen LogP contribution >= 0.6 is 15.9 Å². The third-order valence-electron chi connectivity index (χ3n) is 2.94. The van der Waals surface area contributed by atoms with Crippen LogP contribution in [0.2, 0.25) is 0 Å². The van der Waals surface area contributed by atoms with Gasteiger partial charge in [0.1, 0.15) is 5.82 Å². The minimum atomic E-state index is -0.932. The molecule has 2 N–H and O–H groups in total. The first-order valence-electron chi connectivity index (χ1n) is 6.05. The van der Waals surface area contributed by atoms with E-state index in [1.165, 1.54) is 0 Å². The van der Waals surface area contributed by atoms with Crippen LogP contribution < -0.4 is 5.56 Å². The van der Waals surface area contributed by atoms with Crippen molar-refractivity contribution in [3.8, 4) is 11.4 Å². The summed E-state index contributed by atoms with van der Waals surface area (Å²) in [5, 5.41) is 8.69. The Balaban J connectivity index is 2.43. The van der Waals surface area contributed by atoms with Gasteiger partial charge in [-0.05, 0) is 19.4 Å². The van der Waals surface area contributed by atoms with Crippen LogP contribution in [0.25, 0.3) is 11.4 Å². The first-order valence-corrected chi connectivity index (χ1v) is 6.85. The molecule has 0 amide bonds. The Labute approximate surface area is 123 Å². The number of aromatic nitrogens is 2. The molecule has 0 radical (unpaired) electrons. The average molecular weight is 337 g/mol. The van der Waals surface area contributed by atoms with Crippen molar-refractivity contribution in [1.82, 2.24) is 9.97 Å². The maximum absolute atomic E-state index is 12.1. The zero-order valence-electron chi connectivity index (χ0n) is 10.8. The van der Waals surface area contributed by atoms with Crippen LogP contribution in [0.1, 0.15) is 17.7 Å². The van der Waals surface area contributed by atoms with Crippen molar-refractivity contribution < 1.29 is 9.90 Å². The van der Waals surface area contributed by atoms with Gasteiger partial charge in [-0.1, -0.05) is 34.1 Å². The van der Waals surface area contributed by atoms with Crippen molar-refractivity contribution in [2.24, 2.45) is 0 Å². The zero-order valence-corrected chi connectivity index (χ0v) is 12.4. The predicted molar refractivity (Wildman–Crippen MR) is 78.7 cm³/mol. The molecular weight excluding hydrogens is 324 g/mol. The number of H-pyrrole nitrogens is 1. The predicted octanol–water partition coefficient (Wildman–Crippen LogP) is 2.53. The first kappa shape index (κ1) is 14.5. The topological polar surface area (TPSA) is 83.0 Å². The van der Waals surface area contributed by atoms with E-state index < -0.39 is 5.97 Å². The van der Waals surface area contributed by atoms with Crippen LogP contribution in [0.4, 0.5) is 0 Å². The number of halogens is 1. The lowest BCUT2D eigenvalue weighted by molar-refractivity contribution is -0.136. The second-order valence-electron chi connectivity index (χ2n) is 4.35. The molecule has 0 fully saturated rings. The molecule has 2 rings (SSSR count). The van der Waals surface area contributed by atoms with Gasteiger partial charge in [0.2, 0.25) is 0 Å². The molecule has 104 valence electrons. The molecule has 2 aromatic rings. The summed E-state index contributed by atoms with van der Waals surface area (Å²) < 4.78 is 0.834. The number of aryl methyl sites for hydroxylation is 1. The van der Waals surface area contributed by atoms with Gasteiger partial charge in [0.25, 0.3) is 5.56 Å². The molecule has 0 saturated heterocycles. The zero-order chi connectivity index (χ0) is 14.7. The Hall–Kier alpha value is -1.95. The Morgan fingerprint density at radius 1 is 1.40 bits per heavy atom. The highest BCUT2D eigenvalue weighted by molar-refractivity contribution is 9.10. The van der Waals surface area contributed by atoms with Gasteiger partial charge in [0, 0.05) is 27.7 Å². The van der Waals surface area contributed by atoms with Crippen molar-refractivity contribution in [3.63, 3.8) is 0 Å². The fourth-order valence-corrected chi connectivity index (χ4v) is 2.39. The molecule has 0 unspecified atom stereocenters. The van der Waals surface area contributed by atoms with E-state index in [0.29, 0.717) is 17.1 Å². The van der Waals surface area contributed by atoms with Gasteiger partial charge >= 0.3 is 5.97 Å². The summed E-state index contributed by atoms with van der Waals surface area (Å²) in [6, 6.07) is 7.44. The highest BCUT2D eigenvalue weighted by Gasteiger charge is 2.12. The summed E-state index contributed by atoms with van der Waals surface area (Å²) in [5.74, 6) is -0.460. The van der Waals surface area contributed by atoms with E-state index in [2.05, 4.69) is 25.9 Å². The van der Waals surface area contributed by atoms with E-state index in [0.717, 1.165) is 10.0 Å². The number of hydrogen-bond donors (Lipinski definition) is 2. The Kier molecular flexibility index (Phi) is 4.34. The molecule has 0 atom stereocenters. The standard InChI is InChI=1S/C14H13BrN2O3/c1-8-9(6-7-12(18)19)14(20)17-13(16-8)10-4-2-3-5-11(10)15/h2-5H,6-7H2,1H3,(H,18,19)(H,16,17,20). The van der Waals surface area contributed by atoms with Crippen molar-refractivity contribution in [2.75, 3.05) is 0 Å². The highest BCUT2D eigenvalue weighted by Crippen LogP contribution is 2.24. The number of hydrogen-bond acceptors (Lipinski definition) is 3. The van der Waals surface area contributed by atoms with Gasteiger partial charge in [-0.25, -0.2) is 4.98 Å². The fourth-order valence-electron chi connectivity index (χ4n) is 1.92. The second-order valence-corrected chi connectivity index (χ2v) is 5.21. The molecular formula is C14H13BrN2O3. The number of rotatable bonds is 4. The molecule has 20 heavy (non-hydrogen) atoms. The third kappa shape index (κ3) is 3.14. The van der Waals surface area contributed by atoms with E-state index in [4.69, 9.17) is 5.11 Å². The van der Waals surface area contributed by atoms with Crippen molar-refractivity contribution in [3.05, 3.63) is 50.3 Å². The van der Waals surface area contributed by atoms with Crippen LogP contribution in [0.5, 0.6) is 0 Å². The lowest BCUT2D eigenvalue weighted by atomic mass is 10.1. The van der Waals surface area contributed by atoms with Gasteiger partial charge < -0.3 is 10.1 Å². The molecule has 0 bridgehead atoms. The van der Waals surface area contributed by atoms with Gasteiger partial charge in [-0.2, -0.15) is 0 Å². The van der Waals surface area contributed by atoms with Gasteiger partial charge in [0.15, 0.2) is 0 Å². The van der Waals surface area contributed by atoms with Crippen molar-refractivity contribution in [1.29, 1.82) is 0 Å². The number of carboxylic acid groups (broad SMARTS) is 1. The normalized spacial score (nSPS) is 10.5. The van der Waals surface area contributed by atoms with Crippen molar-refractivity contribution in [2.45, 2.75) is 19.8 Å². The molecule has 6 heteroatoms. The minimum Gasteiger partial charge on any atom is -0.481 e. The van der Waals surface area contributed by atoms with Crippen LogP contribution in [0.15, 0.2) is 33.5 Å². The number of aromatic amines is 1. The lowest BCUT2D eigenvalue weighted by Crippen LogP contribution is -2.18. The van der Waals surface area contributed by atoms with E-state index >= 15 is 0 Å². The van der Waals surface area contributed by atoms with E-state index in [-0.39, 0.29) is 18.4 Å². The molecule has 5 nitrogen and oxygen atoms in total. The summed E-state index contributed by atoms with van der Waals surface area (Å²) >= 11 is 3.41. The SMILES string of the molecule is Cc1nc(-c2ccccc2Br)[nH]c(=O)c1CCC(=O)O. The molecule has 0 saturated carbocycles. The number of carbonyl (C=O) groups is 1. The first-order chi connectivity index (χ1) is 9.49. The third-order valence-corrected chi connectivity index (χ3v) is 3.63. The lowest BCUT2D eigenvalue weighted by Gasteiger charge is -2.07. The number of nitrogens with zero attached hydrogens (tertiary/aromatic N) is 1. The summed E-state index contributed by atoms with van der Waals surface area (Å²) in [4.78, 5) is 29.7. The van der Waals surface area contributed by atoms with Gasteiger partial charge in [-0.3, -0.25) is 9.59 Å². The molecule has 1 aromatic heterocycles. The van der Waals surface area contributed by atoms with E-state index in [1.54, 1.807) is 6.92 Å². The van der Waals surface area contributed by atoms with Gasteiger partial charge in [0.05, 0.1) is 0 Å². The molecule has 0 spiro atoms. The Morgan fingerprint density at radius 2 is 2.10 bits per heavy atom. The van der Waals surface area contributed by atoms with Crippen LogP contribution in [-0.2, 0) is 11.2 Å². The van der Waals surface area contributed by atoms with E-state index in [1.807, 2.05) is 24.3 Å². The largest absolute Gasteiger partial charge is 0.481 e. The number of aliphatic carboxylic acids is 1. The summed E-state index contributed by atoms with van der Waals surface area (Å²) in [6.07, 6.45) is 0.0969. The number of nitrogens with one attached hydrogen (secondary N) is 1. The average Bonchev–Trinajstić information content (AvgIpc) is 2.37. The van der Waals surface area contributed by atoms with E-state index in [9.17, 15) is 9.59 Å². The van der Waals surface area contributed by atoms with Gasteiger partial charge in [-0.15, -0.1) is 0 Å². The van der Waals surface area contributed by atoms with Crippen LogP contribution in [0, 0.1) is 6.92 Å². The molecule has 1 aromatic carbocycles. The maximum Gasteiger partial charge on any atom is 0.303 e. The highest BCUT2D eigenvalue weighted by atomic mass is 79.9. The molecule has 0 aliphatic carbocycles. The van der Waals surface area contributed by atoms with Crippen LogP contribution in [0.3, 0.4) is 0 Å². The molecule has 0 aliphatic heterocycles. The Bertz CT molecular complexity index is 710. The molecule has 1 heterocycles. The Morgan fingerprint density at radius 3 is 2.70 bits per heavy atom. The minimum absolute atomic E-state index is 0.0834. The number of benzene rings is 1. The summed E-state index contributed by atoms with van der Waals surface area (Å²) in [5.41, 5.74) is 1.48. The van der Waals surface area contributed by atoms with Crippen LogP contribution in [-0.4, -0.2) is 21.0 Å². The quantitative estimate of drug-likeness (QED) is 0.898. The summed E-state index contributed by atoms with van der Waals surface area (Å²) in [7, 11) is 0.